The van der Waals surface area contributed by atoms with Crippen molar-refractivity contribution in [3.05, 3.63) is 76.5 Å². The van der Waals surface area contributed by atoms with Gasteiger partial charge in [-0.2, -0.15) is 11.8 Å². The number of aromatic nitrogens is 1. The van der Waals surface area contributed by atoms with Gasteiger partial charge >= 0.3 is 0 Å². The maximum atomic E-state index is 12.9. The molecule has 0 saturated carbocycles. The molecule has 1 amide bonds. The van der Waals surface area contributed by atoms with Crippen molar-refractivity contribution < 1.29 is 13.9 Å². The van der Waals surface area contributed by atoms with Crippen LogP contribution >= 0.6 is 23.1 Å². The topological polar surface area (TPSA) is 51.2 Å². The smallest absolute Gasteiger partial charge is 0.264 e. The van der Waals surface area contributed by atoms with Gasteiger partial charge in [0.2, 0.25) is 0 Å². The third-order valence-electron chi connectivity index (χ3n) is 3.68. The van der Waals surface area contributed by atoms with E-state index in [2.05, 4.69) is 10.3 Å². The zero-order chi connectivity index (χ0) is 19.1. The van der Waals surface area contributed by atoms with Crippen LogP contribution in [0.15, 0.2) is 53.9 Å². The Kier molecular flexibility index (Phi) is 6.84. The number of nitrogens with one attached hydrogen (secondary N) is 1. The van der Waals surface area contributed by atoms with Crippen LogP contribution in [0, 0.1) is 12.7 Å². The van der Waals surface area contributed by atoms with Crippen LogP contribution in [0.5, 0.6) is 5.75 Å². The molecule has 0 radical (unpaired) electrons. The summed E-state index contributed by atoms with van der Waals surface area (Å²) in [5, 5.41) is 5.25. The maximum absolute atomic E-state index is 12.9. The predicted octanol–water partition coefficient (Wildman–Crippen LogP) is 5.04. The van der Waals surface area contributed by atoms with E-state index in [4.69, 9.17) is 4.74 Å². The summed E-state index contributed by atoms with van der Waals surface area (Å²) in [6.45, 7) is 1.88. The fraction of sp³-hybridized carbons (Fsp3) is 0.200. The monoisotopic (exact) mass is 402 g/mol. The zero-order valence-corrected chi connectivity index (χ0v) is 16.4. The third kappa shape index (κ3) is 6.08. The van der Waals surface area contributed by atoms with E-state index in [-0.39, 0.29) is 18.3 Å². The van der Waals surface area contributed by atoms with Gasteiger partial charge in [-0.1, -0.05) is 30.3 Å². The number of carbonyl (C=O) groups is 1. The van der Waals surface area contributed by atoms with Gasteiger partial charge < -0.3 is 4.74 Å². The lowest BCUT2D eigenvalue weighted by Crippen LogP contribution is -2.20. The Morgan fingerprint density at radius 3 is 2.74 bits per heavy atom. The van der Waals surface area contributed by atoms with Gasteiger partial charge in [0, 0.05) is 16.9 Å². The SMILES string of the molecule is Cc1ccccc1OCC(=O)Nc1nc(CSCc2ccc(F)cc2)cs1. The van der Waals surface area contributed by atoms with Crippen molar-refractivity contribution in [3.8, 4) is 5.75 Å². The first-order valence-corrected chi connectivity index (χ1v) is 10.4. The van der Waals surface area contributed by atoms with E-state index in [1.807, 2.05) is 36.6 Å². The van der Waals surface area contributed by atoms with E-state index in [0.717, 1.165) is 28.3 Å². The van der Waals surface area contributed by atoms with E-state index in [1.54, 1.807) is 23.9 Å². The molecule has 0 unspecified atom stereocenters. The molecule has 0 bridgehead atoms. The molecule has 140 valence electrons. The van der Waals surface area contributed by atoms with Crippen LogP contribution in [0.1, 0.15) is 16.8 Å². The highest BCUT2D eigenvalue weighted by atomic mass is 32.2. The molecule has 1 heterocycles. The predicted molar refractivity (Wildman–Crippen MR) is 109 cm³/mol. The fourth-order valence-corrected chi connectivity index (χ4v) is 4.02. The first-order valence-electron chi connectivity index (χ1n) is 8.35. The lowest BCUT2D eigenvalue weighted by molar-refractivity contribution is -0.118. The summed E-state index contributed by atoms with van der Waals surface area (Å²) in [5.41, 5.74) is 2.96. The molecule has 0 atom stereocenters. The number of carbonyl (C=O) groups excluding carboxylic acids is 1. The minimum absolute atomic E-state index is 0.0565. The molecule has 0 fully saturated rings. The van der Waals surface area contributed by atoms with Crippen LogP contribution in [0.4, 0.5) is 9.52 Å². The van der Waals surface area contributed by atoms with Crippen LogP contribution in [0.3, 0.4) is 0 Å². The van der Waals surface area contributed by atoms with Crippen molar-refractivity contribution in [1.29, 1.82) is 0 Å². The summed E-state index contributed by atoms with van der Waals surface area (Å²) in [6, 6.07) is 14.1. The number of halogens is 1. The number of thioether (sulfide) groups is 1. The molecule has 7 heteroatoms. The molecule has 0 spiro atoms. The molecule has 1 N–H and O–H groups in total. The van der Waals surface area contributed by atoms with Crippen LogP contribution < -0.4 is 10.1 Å². The van der Waals surface area contributed by atoms with Crippen molar-refractivity contribution in [3.63, 3.8) is 0 Å². The summed E-state index contributed by atoms with van der Waals surface area (Å²) < 4.78 is 18.4. The second-order valence-electron chi connectivity index (χ2n) is 5.87. The second kappa shape index (κ2) is 9.53. The van der Waals surface area contributed by atoms with Crippen molar-refractivity contribution in [2.75, 3.05) is 11.9 Å². The van der Waals surface area contributed by atoms with E-state index in [1.165, 1.54) is 23.5 Å². The molecule has 1 aromatic heterocycles. The number of nitrogens with zero attached hydrogens (tertiary/aromatic N) is 1. The van der Waals surface area contributed by atoms with Gasteiger partial charge in [-0.05, 0) is 36.2 Å². The fourth-order valence-electron chi connectivity index (χ4n) is 2.30. The molecule has 3 aromatic rings. The normalized spacial score (nSPS) is 10.6. The lowest BCUT2D eigenvalue weighted by Gasteiger charge is -2.08. The Balaban J connectivity index is 1.42. The molecule has 0 saturated heterocycles. The molecule has 0 aliphatic heterocycles. The standard InChI is InChI=1S/C20H19FN2O2S2/c1-14-4-2-3-5-18(14)25-10-19(24)23-20-22-17(13-27-20)12-26-11-15-6-8-16(21)9-7-15/h2-9,13H,10-12H2,1H3,(H,22,23,24). The Labute approximate surface area is 165 Å². The van der Waals surface area contributed by atoms with Crippen LogP contribution in [-0.2, 0) is 16.3 Å². The van der Waals surface area contributed by atoms with Gasteiger partial charge in [-0.15, -0.1) is 11.3 Å². The third-order valence-corrected chi connectivity index (χ3v) is 5.53. The van der Waals surface area contributed by atoms with Gasteiger partial charge in [-0.3, -0.25) is 10.1 Å². The summed E-state index contributed by atoms with van der Waals surface area (Å²) in [7, 11) is 0. The summed E-state index contributed by atoms with van der Waals surface area (Å²) in [5.74, 6) is 1.74. The molecule has 0 aliphatic carbocycles. The van der Waals surface area contributed by atoms with E-state index in [0.29, 0.717) is 10.9 Å². The van der Waals surface area contributed by atoms with Gasteiger partial charge in [0.15, 0.2) is 11.7 Å². The first-order chi connectivity index (χ1) is 13.1. The number of hydrogen-bond acceptors (Lipinski definition) is 5. The quantitative estimate of drug-likeness (QED) is 0.573. The first kappa shape index (κ1) is 19.4. The van der Waals surface area contributed by atoms with Gasteiger partial charge in [0.1, 0.15) is 11.6 Å². The van der Waals surface area contributed by atoms with Crippen LogP contribution in [0.25, 0.3) is 0 Å². The van der Waals surface area contributed by atoms with Crippen molar-refractivity contribution in [2.24, 2.45) is 0 Å². The molecule has 3 rings (SSSR count). The van der Waals surface area contributed by atoms with Gasteiger partial charge in [0.25, 0.3) is 5.91 Å². The van der Waals surface area contributed by atoms with Crippen LogP contribution in [0.2, 0.25) is 0 Å². The number of anilines is 1. The molecule has 4 nitrogen and oxygen atoms in total. The Morgan fingerprint density at radius 2 is 1.96 bits per heavy atom. The highest BCUT2D eigenvalue weighted by Gasteiger charge is 2.09. The number of hydrogen-bond donors (Lipinski definition) is 1. The minimum Gasteiger partial charge on any atom is -0.483 e. The zero-order valence-electron chi connectivity index (χ0n) is 14.8. The van der Waals surface area contributed by atoms with Crippen LogP contribution in [-0.4, -0.2) is 17.5 Å². The average Bonchev–Trinajstić information content (AvgIpc) is 3.10. The number of thiazole rings is 1. The number of benzene rings is 2. The average molecular weight is 403 g/mol. The summed E-state index contributed by atoms with van der Waals surface area (Å²) in [4.78, 5) is 16.4. The second-order valence-corrected chi connectivity index (χ2v) is 7.71. The number of rotatable bonds is 8. The van der Waals surface area contributed by atoms with Crippen molar-refractivity contribution in [1.82, 2.24) is 4.98 Å². The van der Waals surface area contributed by atoms with Gasteiger partial charge in [-0.25, -0.2) is 9.37 Å². The summed E-state index contributed by atoms with van der Waals surface area (Å²) >= 11 is 3.08. The van der Waals surface area contributed by atoms with E-state index in [9.17, 15) is 9.18 Å². The highest BCUT2D eigenvalue weighted by molar-refractivity contribution is 7.97. The van der Waals surface area contributed by atoms with Crippen molar-refractivity contribution in [2.45, 2.75) is 18.4 Å². The Hall–Kier alpha value is -2.38. The van der Waals surface area contributed by atoms with E-state index >= 15 is 0 Å². The van der Waals surface area contributed by atoms with E-state index < -0.39 is 0 Å². The Morgan fingerprint density at radius 1 is 1.19 bits per heavy atom. The summed E-state index contributed by atoms with van der Waals surface area (Å²) in [6.07, 6.45) is 0. The highest BCUT2D eigenvalue weighted by Crippen LogP contribution is 2.22. The maximum Gasteiger partial charge on any atom is 0.264 e. The number of ether oxygens (including phenoxy) is 1. The molecular formula is C20H19FN2O2S2. The molecular weight excluding hydrogens is 383 g/mol. The van der Waals surface area contributed by atoms with Crippen molar-refractivity contribution >= 4 is 34.1 Å². The molecule has 0 aliphatic rings. The number of amides is 1. The molecule has 2 aromatic carbocycles. The largest absolute Gasteiger partial charge is 0.483 e. The van der Waals surface area contributed by atoms with Gasteiger partial charge in [0.05, 0.1) is 5.69 Å². The number of para-hydroxylation sites is 1. The molecule has 27 heavy (non-hydrogen) atoms. The Bertz CT molecular complexity index is 897. The number of aryl methyl sites for hydroxylation is 1. The lowest BCUT2D eigenvalue weighted by atomic mass is 10.2. The minimum atomic E-state index is -0.238.